The predicted octanol–water partition coefficient (Wildman–Crippen LogP) is 4.57. The SMILES string of the molecule is C[Si](C)(C)OC(=O)[C@@H](C[C@@H](O[Si](C)(C)C)C(=O)O[Si](C)(C)C)O[Si](C)(C)C. The van der Waals surface area contributed by atoms with E-state index in [2.05, 4.69) is 0 Å². The zero-order chi connectivity index (χ0) is 21.8. The van der Waals surface area contributed by atoms with E-state index in [1.807, 2.05) is 78.6 Å². The molecule has 6 nitrogen and oxygen atoms in total. The zero-order valence-corrected chi connectivity index (χ0v) is 23.3. The van der Waals surface area contributed by atoms with Crippen LogP contribution in [0.25, 0.3) is 0 Å². The van der Waals surface area contributed by atoms with Gasteiger partial charge in [-0.15, -0.1) is 0 Å². The molecule has 2 atom stereocenters. The highest BCUT2D eigenvalue weighted by atomic mass is 28.4. The molecule has 0 fully saturated rings. The highest BCUT2D eigenvalue weighted by molar-refractivity contribution is 6.72. The molecule has 0 radical (unpaired) electrons. The standard InChI is InChI=1S/C17H40O6Si4/c1-24(2,3)20-14(16(18)22-26(7,8)9)13-15(21-25(4,5)6)17(19)23-27(10,11)12/h14-15H,13H2,1-12H3/t14-,15-/m1/s1. The summed E-state index contributed by atoms with van der Waals surface area (Å²) in [5, 5.41) is 0. The Hall–Kier alpha value is -0.272. The number of carbonyl (C=O) groups is 2. The van der Waals surface area contributed by atoms with Crippen LogP contribution in [-0.2, 0) is 27.3 Å². The van der Waals surface area contributed by atoms with E-state index in [1.165, 1.54) is 0 Å². The molecule has 10 heteroatoms. The van der Waals surface area contributed by atoms with Crippen molar-refractivity contribution in [1.82, 2.24) is 0 Å². The Bertz CT molecular complexity index is 465. The first kappa shape index (κ1) is 26.7. The summed E-state index contributed by atoms with van der Waals surface area (Å²) in [6, 6.07) is 0. The van der Waals surface area contributed by atoms with Crippen LogP contribution in [0.3, 0.4) is 0 Å². The van der Waals surface area contributed by atoms with Gasteiger partial charge in [-0.3, -0.25) is 9.59 Å². The Balaban J connectivity index is 5.61. The van der Waals surface area contributed by atoms with Crippen molar-refractivity contribution in [3.05, 3.63) is 0 Å². The Morgan fingerprint density at radius 2 is 0.815 bits per heavy atom. The predicted molar refractivity (Wildman–Crippen MR) is 120 cm³/mol. The van der Waals surface area contributed by atoms with E-state index in [0.29, 0.717) is 0 Å². The van der Waals surface area contributed by atoms with E-state index in [1.54, 1.807) is 0 Å². The number of hydrogen-bond donors (Lipinski definition) is 0. The van der Waals surface area contributed by atoms with Crippen molar-refractivity contribution >= 4 is 45.2 Å². The minimum Gasteiger partial charge on any atom is -0.518 e. The number of hydrogen-bond acceptors (Lipinski definition) is 6. The van der Waals surface area contributed by atoms with E-state index in [4.69, 9.17) is 17.7 Å². The van der Waals surface area contributed by atoms with Gasteiger partial charge in [0.05, 0.1) is 0 Å². The maximum absolute atomic E-state index is 12.8. The van der Waals surface area contributed by atoms with Crippen LogP contribution in [0, 0.1) is 0 Å². The fourth-order valence-electron chi connectivity index (χ4n) is 2.17. The summed E-state index contributed by atoms with van der Waals surface area (Å²) in [7, 11) is -8.23. The van der Waals surface area contributed by atoms with Crippen molar-refractivity contribution in [2.24, 2.45) is 0 Å². The fourth-order valence-corrected chi connectivity index (χ4v) is 5.73. The number of carbonyl (C=O) groups excluding carboxylic acids is 2. The smallest absolute Gasteiger partial charge is 0.320 e. The summed E-state index contributed by atoms with van der Waals surface area (Å²) >= 11 is 0. The first-order valence-electron chi connectivity index (χ1n) is 9.50. The van der Waals surface area contributed by atoms with Crippen LogP contribution in [0.4, 0.5) is 0 Å². The maximum atomic E-state index is 12.8. The Morgan fingerprint density at radius 3 is 1.00 bits per heavy atom. The van der Waals surface area contributed by atoms with Crippen molar-refractivity contribution in [3.8, 4) is 0 Å². The van der Waals surface area contributed by atoms with Crippen molar-refractivity contribution < 1.29 is 27.3 Å². The van der Waals surface area contributed by atoms with Crippen LogP contribution in [0.15, 0.2) is 0 Å². The van der Waals surface area contributed by atoms with Crippen molar-refractivity contribution in [3.63, 3.8) is 0 Å². The molecule has 0 saturated heterocycles. The van der Waals surface area contributed by atoms with Gasteiger partial charge in [0, 0.05) is 6.42 Å². The summed E-state index contributed by atoms with van der Waals surface area (Å²) in [5.74, 6) is -0.803. The van der Waals surface area contributed by atoms with Gasteiger partial charge in [-0.25, -0.2) is 0 Å². The molecule has 0 aromatic carbocycles. The molecular weight excluding hydrogens is 413 g/mol. The molecule has 0 bridgehead atoms. The molecule has 0 aromatic rings. The van der Waals surface area contributed by atoms with Crippen LogP contribution in [0.2, 0.25) is 78.6 Å². The minimum absolute atomic E-state index is 0.126. The van der Waals surface area contributed by atoms with Gasteiger partial charge in [-0.2, -0.15) is 0 Å². The Labute approximate surface area is 169 Å². The Kier molecular flexibility index (Phi) is 9.39. The van der Waals surface area contributed by atoms with Crippen LogP contribution in [-0.4, -0.2) is 57.4 Å². The highest BCUT2D eigenvalue weighted by Crippen LogP contribution is 2.21. The van der Waals surface area contributed by atoms with Crippen LogP contribution in [0.5, 0.6) is 0 Å². The second kappa shape index (κ2) is 9.48. The molecular formula is C17H40O6Si4. The van der Waals surface area contributed by atoms with Gasteiger partial charge in [0.2, 0.25) is 16.6 Å². The molecule has 0 rings (SSSR count). The number of rotatable bonds is 10. The van der Waals surface area contributed by atoms with Crippen molar-refractivity contribution in [2.75, 3.05) is 0 Å². The summed E-state index contributed by atoms with van der Waals surface area (Å²) in [4.78, 5) is 25.5. The minimum atomic E-state index is -2.08. The topological polar surface area (TPSA) is 71.1 Å². The molecule has 0 aliphatic rings. The lowest BCUT2D eigenvalue weighted by Crippen LogP contribution is -2.48. The molecule has 0 saturated carbocycles. The molecule has 0 amide bonds. The van der Waals surface area contributed by atoms with Gasteiger partial charge in [-0.1, -0.05) is 0 Å². The Morgan fingerprint density at radius 1 is 0.556 bits per heavy atom. The molecule has 0 aliphatic heterocycles. The van der Waals surface area contributed by atoms with E-state index in [-0.39, 0.29) is 6.42 Å². The van der Waals surface area contributed by atoms with Gasteiger partial charge in [-0.05, 0) is 78.6 Å². The lowest BCUT2D eigenvalue weighted by Gasteiger charge is -2.33. The highest BCUT2D eigenvalue weighted by Gasteiger charge is 2.38. The molecule has 0 heterocycles. The van der Waals surface area contributed by atoms with Gasteiger partial charge in [0.15, 0.2) is 16.6 Å². The molecule has 27 heavy (non-hydrogen) atoms. The summed E-state index contributed by atoms with van der Waals surface area (Å²) in [5.41, 5.74) is 0. The van der Waals surface area contributed by atoms with E-state index < -0.39 is 57.4 Å². The fraction of sp³-hybridized carbons (Fsp3) is 0.882. The monoisotopic (exact) mass is 452 g/mol. The third-order valence-corrected chi connectivity index (χ3v) is 6.37. The van der Waals surface area contributed by atoms with Gasteiger partial charge in [0.1, 0.15) is 12.2 Å². The van der Waals surface area contributed by atoms with Gasteiger partial charge in [0.25, 0.3) is 0 Å². The molecule has 0 aliphatic carbocycles. The molecule has 0 unspecified atom stereocenters. The van der Waals surface area contributed by atoms with Gasteiger partial charge >= 0.3 is 11.9 Å². The zero-order valence-electron chi connectivity index (χ0n) is 19.3. The molecule has 0 aromatic heterocycles. The first-order valence-corrected chi connectivity index (χ1v) is 23.1. The van der Waals surface area contributed by atoms with E-state index in [9.17, 15) is 9.59 Å². The lowest BCUT2D eigenvalue weighted by molar-refractivity contribution is -0.149. The van der Waals surface area contributed by atoms with E-state index in [0.717, 1.165) is 0 Å². The summed E-state index contributed by atoms with van der Waals surface area (Å²) in [6.45, 7) is 23.8. The third kappa shape index (κ3) is 14.4. The molecule has 160 valence electrons. The van der Waals surface area contributed by atoms with Crippen LogP contribution >= 0.6 is 0 Å². The van der Waals surface area contributed by atoms with Crippen LogP contribution < -0.4 is 0 Å². The molecule has 0 spiro atoms. The van der Waals surface area contributed by atoms with Crippen molar-refractivity contribution in [2.45, 2.75) is 97.2 Å². The average Bonchev–Trinajstić information content (AvgIpc) is 2.29. The molecule has 0 N–H and O–H groups in total. The van der Waals surface area contributed by atoms with Crippen molar-refractivity contribution in [1.29, 1.82) is 0 Å². The van der Waals surface area contributed by atoms with E-state index >= 15 is 0 Å². The normalized spacial score (nSPS) is 15.9. The largest absolute Gasteiger partial charge is 0.518 e. The second-order valence-electron chi connectivity index (χ2n) is 10.7. The summed E-state index contributed by atoms with van der Waals surface area (Å²) in [6.07, 6.45) is -1.51. The lowest BCUT2D eigenvalue weighted by atomic mass is 10.1. The van der Waals surface area contributed by atoms with Gasteiger partial charge < -0.3 is 17.7 Å². The summed E-state index contributed by atoms with van der Waals surface area (Å²) < 4.78 is 23.5. The maximum Gasteiger partial charge on any atom is 0.320 e. The second-order valence-corrected chi connectivity index (χ2v) is 28.5. The average molecular weight is 453 g/mol. The quantitative estimate of drug-likeness (QED) is 0.452. The third-order valence-electron chi connectivity index (χ3n) is 2.76. The first-order chi connectivity index (χ1) is 11.7. The van der Waals surface area contributed by atoms with Crippen LogP contribution in [0.1, 0.15) is 6.42 Å².